The molecular weight excluding hydrogens is 325 g/mol. The van der Waals surface area contributed by atoms with Crippen LogP contribution in [0.5, 0.6) is 5.75 Å². The summed E-state index contributed by atoms with van der Waals surface area (Å²) >= 11 is 0. The van der Waals surface area contributed by atoms with Crippen LogP contribution in [-0.4, -0.2) is 35.0 Å². The van der Waals surface area contributed by atoms with E-state index in [0.29, 0.717) is 23.0 Å². The number of carbonyl (C=O) groups excluding carboxylic acids is 1. The van der Waals surface area contributed by atoms with Gasteiger partial charge in [-0.1, -0.05) is 12.1 Å². The summed E-state index contributed by atoms with van der Waals surface area (Å²) in [5, 5.41) is 4.37. The van der Waals surface area contributed by atoms with Gasteiger partial charge in [0.1, 0.15) is 18.1 Å². The Hall–Kier alpha value is -3.22. The standard InChI is InChI=1S/C18H16FN3O3/c1-24-15-5-3-4-13(10-15)18-20-17(12-6-8-14(19)9-7-12)21-22(18)11-16(23)25-2/h3-10H,11H2,1-2H3. The number of methoxy groups -OCH3 is 2. The van der Waals surface area contributed by atoms with Crippen LogP contribution in [0.2, 0.25) is 0 Å². The maximum absolute atomic E-state index is 13.1. The van der Waals surface area contributed by atoms with Crippen molar-refractivity contribution in [3.05, 3.63) is 54.3 Å². The van der Waals surface area contributed by atoms with Gasteiger partial charge in [-0.25, -0.2) is 14.1 Å². The summed E-state index contributed by atoms with van der Waals surface area (Å²) in [6, 6.07) is 13.1. The van der Waals surface area contributed by atoms with Gasteiger partial charge in [0, 0.05) is 11.1 Å². The molecular formula is C18H16FN3O3. The molecule has 0 bridgehead atoms. The second-order valence-electron chi connectivity index (χ2n) is 5.23. The highest BCUT2D eigenvalue weighted by atomic mass is 19.1. The number of carbonyl (C=O) groups is 1. The average molecular weight is 341 g/mol. The first-order valence-corrected chi connectivity index (χ1v) is 7.52. The van der Waals surface area contributed by atoms with Crippen molar-refractivity contribution in [3.8, 4) is 28.5 Å². The van der Waals surface area contributed by atoms with Gasteiger partial charge >= 0.3 is 5.97 Å². The molecule has 0 aliphatic carbocycles. The minimum atomic E-state index is -0.445. The Bertz CT molecular complexity index is 891. The van der Waals surface area contributed by atoms with Gasteiger partial charge < -0.3 is 9.47 Å². The highest BCUT2D eigenvalue weighted by molar-refractivity contribution is 5.71. The van der Waals surface area contributed by atoms with Crippen molar-refractivity contribution in [3.63, 3.8) is 0 Å². The molecule has 6 nitrogen and oxygen atoms in total. The largest absolute Gasteiger partial charge is 0.497 e. The SMILES string of the molecule is COC(=O)Cn1nc(-c2ccc(F)cc2)nc1-c1cccc(OC)c1. The molecule has 25 heavy (non-hydrogen) atoms. The first kappa shape index (κ1) is 16.6. The Morgan fingerprint density at radius 2 is 1.88 bits per heavy atom. The van der Waals surface area contributed by atoms with Crippen LogP contribution < -0.4 is 4.74 Å². The highest BCUT2D eigenvalue weighted by Crippen LogP contribution is 2.25. The van der Waals surface area contributed by atoms with Crippen molar-refractivity contribution < 1.29 is 18.7 Å². The lowest BCUT2D eigenvalue weighted by Crippen LogP contribution is -2.14. The Morgan fingerprint density at radius 1 is 1.12 bits per heavy atom. The summed E-state index contributed by atoms with van der Waals surface area (Å²) in [5.74, 6) is 0.754. The van der Waals surface area contributed by atoms with Gasteiger partial charge in [0.2, 0.25) is 0 Å². The number of hydrogen-bond acceptors (Lipinski definition) is 5. The average Bonchev–Trinajstić information content (AvgIpc) is 3.06. The maximum atomic E-state index is 13.1. The van der Waals surface area contributed by atoms with Crippen molar-refractivity contribution in [1.29, 1.82) is 0 Å². The summed E-state index contributed by atoms with van der Waals surface area (Å²) < 4.78 is 24.5. The molecule has 0 aliphatic rings. The van der Waals surface area contributed by atoms with E-state index in [1.807, 2.05) is 18.2 Å². The van der Waals surface area contributed by atoms with Gasteiger partial charge in [-0.3, -0.25) is 4.79 Å². The summed E-state index contributed by atoms with van der Waals surface area (Å²) in [6.45, 7) is -0.0861. The summed E-state index contributed by atoms with van der Waals surface area (Å²) in [5.41, 5.74) is 1.39. The van der Waals surface area contributed by atoms with Crippen molar-refractivity contribution in [2.24, 2.45) is 0 Å². The molecule has 7 heteroatoms. The summed E-state index contributed by atoms with van der Waals surface area (Å²) in [6.07, 6.45) is 0. The minimum absolute atomic E-state index is 0.0861. The lowest BCUT2D eigenvalue weighted by molar-refractivity contribution is -0.141. The predicted octanol–water partition coefficient (Wildman–Crippen LogP) is 2.93. The summed E-state index contributed by atoms with van der Waals surface area (Å²) in [7, 11) is 2.88. The third-order valence-electron chi connectivity index (χ3n) is 3.61. The van der Waals surface area contributed by atoms with Crippen LogP contribution in [-0.2, 0) is 16.1 Å². The van der Waals surface area contributed by atoms with Crippen molar-refractivity contribution in [2.75, 3.05) is 14.2 Å². The Kier molecular flexibility index (Phi) is 4.74. The number of ether oxygens (including phenoxy) is 2. The molecule has 0 saturated carbocycles. The maximum Gasteiger partial charge on any atom is 0.327 e. The molecule has 3 aromatic rings. The Balaban J connectivity index is 2.07. The Morgan fingerprint density at radius 3 is 2.56 bits per heavy atom. The van der Waals surface area contributed by atoms with Crippen LogP contribution in [0.1, 0.15) is 0 Å². The normalized spacial score (nSPS) is 10.5. The van der Waals surface area contributed by atoms with Crippen molar-refractivity contribution in [1.82, 2.24) is 14.8 Å². The van der Waals surface area contributed by atoms with Crippen LogP contribution in [0.15, 0.2) is 48.5 Å². The number of benzene rings is 2. The molecule has 0 unspecified atom stereocenters. The number of rotatable bonds is 5. The second kappa shape index (κ2) is 7.12. The zero-order valence-corrected chi connectivity index (χ0v) is 13.8. The number of aromatic nitrogens is 3. The fraction of sp³-hybridized carbons (Fsp3) is 0.167. The smallest absolute Gasteiger partial charge is 0.327 e. The van der Waals surface area contributed by atoms with E-state index in [1.165, 1.54) is 23.9 Å². The van der Waals surface area contributed by atoms with Gasteiger partial charge in [-0.15, -0.1) is 5.10 Å². The third kappa shape index (κ3) is 3.65. The van der Waals surface area contributed by atoms with E-state index < -0.39 is 5.97 Å². The fourth-order valence-corrected chi connectivity index (χ4v) is 2.34. The molecule has 0 spiro atoms. The second-order valence-corrected chi connectivity index (χ2v) is 5.23. The lowest BCUT2D eigenvalue weighted by Gasteiger charge is -2.06. The molecule has 0 aliphatic heterocycles. The molecule has 0 atom stereocenters. The number of halogens is 1. The zero-order valence-electron chi connectivity index (χ0n) is 13.8. The minimum Gasteiger partial charge on any atom is -0.497 e. The molecule has 0 N–H and O–H groups in total. The van der Waals surface area contributed by atoms with Crippen LogP contribution in [0.4, 0.5) is 4.39 Å². The lowest BCUT2D eigenvalue weighted by atomic mass is 10.2. The molecule has 128 valence electrons. The molecule has 2 aromatic carbocycles. The van der Waals surface area contributed by atoms with Gasteiger partial charge in [-0.05, 0) is 36.4 Å². The molecule has 1 heterocycles. The van der Waals surface area contributed by atoms with E-state index in [4.69, 9.17) is 9.47 Å². The first-order valence-electron chi connectivity index (χ1n) is 7.52. The quantitative estimate of drug-likeness (QED) is 0.668. The number of esters is 1. The van der Waals surface area contributed by atoms with Gasteiger partial charge in [-0.2, -0.15) is 0 Å². The van der Waals surface area contributed by atoms with Crippen LogP contribution in [0, 0.1) is 5.82 Å². The van der Waals surface area contributed by atoms with Crippen molar-refractivity contribution >= 4 is 5.97 Å². The van der Waals surface area contributed by atoms with Gasteiger partial charge in [0.25, 0.3) is 0 Å². The molecule has 0 saturated heterocycles. The fourth-order valence-electron chi connectivity index (χ4n) is 2.34. The van der Waals surface area contributed by atoms with Gasteiger partial charge in [0.15, 0.2) is 11.6 Å². The van der Waals surface area contributed by atoms with E-state index in [-0.39, 0.29) is 12.4 Å². The predicted molar refractivity (Wildman–Crippen MR) is 89.4 cm³/mol. The van der Waals surface area contributed by atoms with E-state index in [2.05, 4.69) is 10.1 Å². The van der Waals surface area contributed by atoms with E-state index >= 15 is 0 Å². The van der Waals surface area contributed by atoms with E-state index in [9.17, 15) is 9.18 Å². The van der Waals surface area contributed by atoms with Crippen LogP contribution in [0.3, 0.4) is 0 Å². The third-order valence-corrected chi connectivity index (χ3v) is 3.61. The summed E-state index contributed by atoms with van der Waals surface area (Å²) in [4.78, 5) is 16.2. The molecule has 0 amide bonds. The van der Waals surface area contributed by atoms with E-state index in [1.54, 1.807) is 25.3 Å². The van der Waals surface area contributed by atoms with E-state index in [0.717, 1.165) is 5.56 Å². The topological polar surface area (TPSA) is 66.2 Å². The van der Waals surface area contributed by atoms with Crippen LogP contribution >= 0.6 is 0 Å². The number of nitrogens with zero attached hydrogens (tertiary/aromatic N) is 3. The van der Waals surface area contributed by atoms with Crippen LogP contribution in [0.25, 0.3) is 22.8 Å². The monoisotopic (exact) mass is 341 g/mol. The Labute approximate surface area is 143 Å². The molecule has 0 fully saturated rings. The highest BCUT2D eigenvalue weighted by Gasteiger charge is 2.16. The molecule has 1 aromatic heterocycles. The number of hydrogen-bond donors (Lipinski definition) is 0. The molecule has 3 rings (SSSR count). The van der Waals surface area contributed by atoms with Crippen molar-refractivity contribution in [2.45, 2.75) is 6.54 Å². The molecule has 0 radical (unpaired) electrons. The zero-order chi connectivity index (χ0) is 17.8. The van der Waals surface area contributed by atoms with Gasteiger partial charge in [0.05, 0.1) is 14.2 Å². The first-order chi connectivity index (χ1) is 12.1.